The van der Waals surface area contributed by atoms with Crippen molar-refractivity contribution in [1.82, 2.24) is 14.9 Å². The Labute approximate surface area is 157 Å². The summed E-state index contributed by atoms with van der Waals surface area (Å²) in [5.41, 5.74) is 1.30. The van der Waals surface area contributed by atoms with Gasteiger partial charge in [0.05, 0.1) is 10.5 Å². The van der Waals surface area contributed by atoms with Crippen molar-refractivity contribution in [1.29, 1.82) is 0 Å². The lowest BCUT2D eigenvalue weighted by Crippen LogP contribution is -2.26. The van der Waals surface area contributed by atoms with Crippen LogP contribution in [0.5, 0.6) is 0 Å². The Morgan fingerprint density at radius 2 is 1.81 bits per heavy atom. The topological polar surface area (TPSA) is 85.1 Å². The molecule has 0 atom stereocenters. The number of nitrogens with one attached hydrogen (secondary N) is 1. The highest BCUT2D eigenvalue weighted by Gasteiger charge is 2.16. The predicted octanol–water partition coefficient (Wildman–Crippen LogP) is 3.52. The molecule has 8 heteroatoms. The van der Waals surface area contributed by atoms with Gasteiger partial charge in [0.25, 0.3) is 0 Å². The first kappa shape index (κ1) is 19.2. The summed E-state index contributed by atoms with van der Waals surface area (Å²) in [5, 5.41) is 3.74. The lowest BCUT2D eigenvalue weighted by molar-refractivity contribution is 0.378. The van der Waals surface area contributed by atoms with Crippen molar-refractivity contribution in [3.63, 3.8) is 0 Å². The predicted molar refractivity (Wildman–Crippen MR) is 99.1 cm³/mol. The number of aromatic nitrogens is 2. The summed E-state index contributed by atoms with van der Waals surface area (Å²) in [6.07, 6.45) is 0.199. The van der Waals surface area contributed by atoms with Gasteiger partial charge in [-0.25, -0.2) is 17.5 Å². The van der Waals surface area contributed by atoms with E-state index in [1.807, 2.05) is 13.8 Å². The van der Waals surface area contributed by atoms with Crippen LogP contribution in [0.2, 0.25) is 0 Å². The first-order valence-corrected chi connectivity index (χ1v) is 10.0. The van der Waals surface area contributed by atoms with E-state index in [9.17, 15) is 12.8 Å². The monoisotopic (exact) mass is 389 g/mol. The van der Waals surface area contributed by atoms with Gasteiger partial charge < -0.3 is 4.52 Å². The van der Waals surface area contributed by atoms with Gasteiger partial charge in [-0.2, -0.15) is 4.98 Å². The average Bonchev–Trinajstić information content (AvgIpc) is 3.10. The lowest BCUT2D eigenvalue weighted by atomic mass is 10.0. The van der Waals surface area contributed by atoms with Gasteiger partial charge in [0.2, 0.25) is 21.7 Å². The second kappa shape index (κ2) is 7.98. The number of hydrogen-bond donors (Lipinski definition) is 1. The number of hydrogen-bond acceptors (Lipinski definition) is 5. The number of benzene rings is 2. The summed E-state index contributed by atoms with van der Waals surface area (Å²) in [6, 6.07) is 12.9. The fourth-order valence-corrected chi connectivity index (χ4v) is 3.55. The molecule has 1 heterocycles. The Balaban J connectivity index is 1.62. The van der Waals surface area contributed by atoms with E-state index in [1.54, 1.807) is 42.5 Å². The van der Waals surface area contributed by atoms with E-state index in [4.69, 9.17) is 4.52 Å². The maximum Gasteiger partial charge on any atom is 0.240 e. The van der Waals surface area contributed by atoms with Crippen LogP contribution in [0.1, 0.15) is 31.2 Å². The SMILES string of the molecule is CC(C)c1ccc(S(=O)(=O)NCCc2nc(-c3ccccc3F)no2)cc1. The molecule has 0 aliphatic rings. The molecular formula is C19H20FN3O3S. The van der Waals surface area contributed by atoms with E-state index < -0.39 is 15.8 Å². The third kappa shape index (κ3) is 4.58. The second-order valence-electron chi connectivity index (χ2n) is 6.36. The number of halogens is 1. The van der Waals surface area contributed by atoms with Gasteiger partial charge in [-0.1, -0.05) is 43.3 Å². The minimum absolute atomic E-state index is 0.0904. The van der Waals surface area contributed by atoms with Crippen LogP contribution < -0.4 is 4.72 Å². The van der Waals surface area contributed by atoms with Crippen molar-refractivity contribution in [2.24, 2.45) is 0 Å². The van der Waals surface area contributed by atoms with Gasteiger partial charge in [-0.05, 0) is 35.7 Å². The van der Waals surface area contributed by atoms with Crippen LogP contribution in [0.3, 0.4) is 0 Å². The van der Waals surface area contributed by atoms with Crippen molar-refractivity contribution in [2.75, 3.05) is 6.54 Å². The number of nitrogens with zero attached hydrogens (tertiary/aromatic N) is 2. The van der Waals surface area contributed by atoms with Crippen molar-refractivity contribution >= 4 is 10.0 Å². The molecule has 142 valence electrons. The molecule has 3 aromatic rings. The average molecular weight is 389 g/mol. The molecule has 0 aliphatic carbocycles. The largest absolute Gasteiger partial charge is 0.339 e. The summed E-state index contributed by atoms with van der Waals surface area (Å²) in [5.74, 6) is 0.243. The molecule has 0 amide bonds. The molecular weight excluding hydrogens is 369 g/mol. The van der Waals surface area contributed by atoms with Crippen LogP contribution in [-0.4, -0.2) is 25.1 Å². The molecule has 0 bridgehead atoms. The zero-order valence-electron chi connectivity index (χ0n) is 15.0. The van der Waals surface area contributed by atoms with Gasteiger partial charge in [0, 0.05) is 13.0 Å². The molecule has 0 saturated heterocycles. The Hall–Kier alpha value is -2.58. The summed E-state index contributed by atoms with van der Waals surface area (Å²) >= 11 is 0. The van der Waals surface area contributed by atoms with Gasteiger partial charge >= 0.3 is 0 Å². The minimum Gasteiger partial charge on any atom is -0.339 e. The van der Waals surface area contributed by atoms with Crippen LogP contribution in [0, 0.1) is 5.82 Å². The van der Waals surface area contributed by atoms with Crippen LogP contribution >= 0.6 is 0 Å². The van der Waals surface area contributed by atoms with E-state index >= 15 is 0 Å². The molecule has 2 aromatic carbocycles. The lowest BCUT2D eigenvalue weighted by Gasteiger charge is -2.08. The van der Waals surface area contributed by atoms with E-state index in [2.05, 4.69) is 14.9 Å². The van der Waals surface area contributed by atoms with E-state index in [-0.39, 0.29) is 35.1 Å². The maximum atomic E-state index is 13.7. The minimum atomic E-state index is -3.62. The molecule has 0 aliphatic heterocycles. The Bertz CT molecular complexity index is 1010. The fraction of sp³-hybridized carbons (Fsp3) is 0.263. The quantitative estimate of drug-likeness (QED) is 0.668. The Kier molecular flexibility index (Phi) is 5.67. The van der Waals surface area contributed by atoms with Crippen molar-refractivity contribution in [3.8, 4) is 11.4 Å². The summed E-state index contributed by atoms with van der Waals surface area (Å²) < 4.78 is 46.0. The highest BCUT2D eigenvalue weighted by molar-refractivity contribution is 7.89. The normalized spacial score (nSPS) is 11.9. The molecule has 6 nitrogen and oxygen atoms in total. The molecule has 1 N–H and O–H groups in total. The number of rotatable bonds is 7. The van der Waals surface area contributed by atoms with Crippen LogP contribution in [-0.2, 0) is 16.4 Å². The van der Waals surface area contributed by atoms with Gasteiger partial charge in [-0.3, -0.25) is 0 Å². The third-order valence-electron chi connectivity index (χ3n) is 4.07. The first-order chi connectivity index (χ1) is 12.9. The van der Waals surface area contributed by atoms with Crippen LogP contribution in [0.4, 0.5) is 4.39 Å². The first-order valence-electron chi connectivity index (χ1n) is 8.54. The molecule has 1 aromatic heterocycles. The molecule has 0 unspecified atom stereocenters. The highest BCUT2D eigenvalue weighted by atomic mass is 32.2. The van der Waals surface area contributed by atoms with Crippen LogP contribution in [0.15, 0.2) is 57.9 Å². The van der Waals surface area contributed by atoms with Gasteiger partial charge in [0.15, 0.2) is 0 Å². The van der Waals surface area contributed by atoms with Crippen molar-refractivity contribution in [3.05, 3.63) is 65.8 Å². The number of sulfonamides is 1. The molecule has 0 saturated carbocycles. The second-order valence-corrected chi connectivity index (χ2v) is 8.13. The standard InChI is InChI=1S/C19H20FN3O3S/c1-13(2)14-7-9-15(10-8-14)27(24,25)21-12-11-18-22-19(23-26-18)16-5-3-4-6-17(16)20/h3-10,13,21H,11-12H2,1-2H3. The molecule has 0 radical (unpaired) electrons. The van der Waals surface area contributed by atoms with E-state index in [1.165, 1.54) is 6.07 Å². The van der Waals surface area contributed by atoms with Crippen LogP contribution in [0.25, 0.3) is 11.4 Å². The summed E-state index contributed by atoms with van der Waals surface area (Å²) in [4.78, 5) is 4.31. The van der Waals surface area contributed by atoms with E-state index in [0.717, 1.165) is 5.56 Å². The highest BCUT2D eigenvalue weighted by Crippen LogP contribution is 2.19. The molecule has 0 spiro atoms. The summed E-state index contributed by atoms with van der Waals surface area (Å²) in [7, 11) is -3.62. The van der Waals surface area contributed by atoms with Crippen molar-refractivity contribution in [2.45, 2.75) is 31.1 Å². The Morgan fingerprint density at radius 1 is 1.11 bits per heavy atom. The smallest absolute Gasteiger partial charge is 0.240 e. The molecule has 27 heavy (non-hydrogen) atoms. The third-order valence-corrected chi connectivity index (χ3v) is 5.55. The zero-order chi connectivity index (χ0) is 19.4. The maximum absolute atomic E-state index is 13.7. The van der Waals surface area contributed by atoms with Gasteiger partial charge in [0.1, 0.15) is 5.82 Å². The summed E-state index contributed by atoms with van der Waals surface area (Å²) in [6.45, 7) is 4.18. The zero-order valence-corrected chi connectivity index (χ0v) is 15.8. The fourth-order valence-electron chi connectivity index (χ4n) is 2.52. The van der Waals surface area contributed by atoms with Gasteiger partial charge in [-0.15, -0.1) is 0 Å². The molecule has 0 fully saturated rings. The Morgan fingerprint density at radius 3 is 2.48 bits per heavy atom. The van der Waals surface area contributed by atoms with Crippen molar-refractivity contribution < 1.29 is 17.3 Å². The van der Waals surface area contributed by atoms with E-state index in [0.29, 0.717) is 5.92 Å². The molecule has 3 rings (SSSR count).